The molecular weight excluding hydrogens is 212 g/mol. The molecule has 4 heteroatoms. The smallest absolute Gasteiger partial charge is 0.227 e. The van der Waals surface area contributed by atoms with E-state index in [0.717, 1.165) is 19.3 Å². The standard InChI is InChI=1S/C11H13ClN2O/c12-9-5-4-8(13)6-10(9)14-11(15)7-2-1-3-7/h4-7H,1-3,13H2,(H,14,15). The van der Waals surface area contributed by atoms with Crippen LogP contribution in [0.2, 0.25) is 5.02 Å². The molecule has 1 aliphatic rings. The number of benzene rings is 1. The van der Waals surface area contributed by atoms with Crippen molar-refractivity contribution in [2.45, 2.75) is 19.3 Å². The average molecular weight is 225 g/mol. The van der Waals surface area contributed by atoms with Crippen molar-refractivity contribution < 1.29 is 4.79 Å². The van der Waals surface area contributed by atoms with E-state index in [1.54, 1.807) is 18.2 Å². The highest BCUT2D eigenvalue weighted by Gasteiger charge is 2.25. The number of hydrogen-bond donors (Lipinski definition) is 2. The first-order valence-electron chi connectivity index (χ1n) is 5.02. The first-order valence-corrected chi connectivity index (χ1v) is 5.40. The van der Waals surface area contributed by atoms with Crippen LogP contribution in [0.15, 0.2) is 18.2 Å². The molecule has 1 aromatic carbocycles. The van der Waals surface area contributed by atoms with Gasteiger partial charge in [0.05, 0.1) is 10.7 Å². The quantitative estimate of drug-likeness (QED) is 0.759. The number of hydrogen-bond acceptors (Lipinski definition) is 2. The van der Waals surface area contributed by atoms with Crippen LogP contribution in [0.4, 0.5) is 11.4 Å². The van der Waals surface area contributed by atoms with Gasteiger partial charge in [-0.15, -0.1) is 0 Å². The average Bonchev–Trinajstić information content (AvgIpc) is 2.08. The molecule has 1 fully saturated rings. The number of nitrogens with one attached hydrogen (secondary N) is 1. The molecule has 0 bridgehead atoms. The molecule has 15 heavy (non-hydrogen) atoms. The van der Waals surface area contributed by atoms with E-state index in [9.17, 15) is 4.79 Å². The lowest BCUT2D eigenvalue weighted by atomic mass is 9.85. The van der Waals surface area contributed by atoms with Crippen molar-refractivity contribution >= 4 is 28.9 Å². The molecule has 1 saturated carbocycles. The zero-order valence-electron chi connectivity index (χ0n) is 8.29. The number of anilines is 2. The summed E-state index contributed by atoms with van der Waals surface area (Å²) in [6, 6.07) is 5.08. The number of nitrogens with two attached hydrogens (primary N) is 1. The van der Waals surface area contributed by atoms with Gasteiger partial charge in [-0.1, -0.05) is 18.0 Å². The van der Waals surface area contributed by atoms with E-state index in [1.807, 2.05) is 0 Å². The zero-order valence-corrected chi connectivity index (χ0v) is 9.05. The Morgan fingerprint density at radius 2 is 2.20 bits per heavy atom. The van der Waals surface area contributed by atoms with Gasteiger partial charge in [0.25, 0.3) is 0 Å². The molecular formula is C11H13ClN2O. The number of nitrogen functional groups attached to an aromatic ring is 1. The summed E-state index contributed by atoms with van der Waals surface area (Å²) < 4.78 is 0. The normalized spacial score (nSPS) is 15.8. The molecule has 2 rings (SSSR count). The third-order valence-corrected chi connectivity index (χ3v) is 3.05. The molecule has 0 radical (unpaired) electrons. The predicted molar refractivity (Wildman–Crippen MR) is 61.8 cm³/mol. The zero-order chi connectivity index (χ0) is 10.8. The van der Waals surface area contributed by atoms with Crippen LogP contribution in [0, 0.1) is 5.92 Å². The molecule has 0 aromatic heterocycles. The van der Waals surface area contributed by atoms with Gasteiger partial charge in [-0.2, -0.15) is 0 Å². The first-order chi connectivity index (χ1) is 7.16. The Hall–Kier alpha value is -1.22. The van der Waals surface area contributed by atoms with Crippen molar-refractivity contribution in [3.63, 3.8) is 0 Å². The minimum atomic E-state index is 0.0498. The largest absolute Gasteiger partial charge is 0.399 e. The molecule has 0 atom stereocenters. The predicted octanol–water partition coefficient (Wildman–Crippen LogP) is 2.66. The summed E-state index contributed by atoms with van der Waals surface area (Å²) in [5.41, 5.74) is 6.82. The number of carbonyl (C=O) groups is 1. The lowest BCUT2D eigenvalue weighted by Gasteiger charge is -2.24. The summed E-state index contributed by atoms with van der Waals surface area (Å²) >= 11 is 5.94. The topological polar surface area (TPSA) is 55.1 Å². The summed E-state index contributed by atoms with van der Waals surface area (Å²) in [5.74, 6) is 0.205. The van der Waals surface area contributed by atoms with E-state index in [-0.39, 0.29) is 11.8 Å². The second-order valence-corrected chi connectivity index (χ2v) is 4.26. The Labute approximate surface area is 93.6 Å². The van der Waals surface area contributed by atoms with Crippen LogP contribution in [0.1, 0.15) is 19.3 Å². The Balaban J connectivity index is 2.09. The van der Waals surface area contributed by atoms with E-state index < -0.39 is 0 Å². The Kier molecular flexibility index (Phi) is 2.82. The van der Waals surface area contributed by atoms with Gasteiger partial charge < -0.3 is 11.1 Å². The molecule has 0 heterocycles. The summed E-state index contributed by atoms with van der Waals surface area (Å²) in [5, 5.41) is 3.33. The maximum absolute atomic E-state index is 11.6. The molecule has 0 spiro atoms. The highest BCUT2D eigenvalue weighted by atomic mass is 35.5. The van der Waals surface area contributed by atoms with Crippen LogP contribution in [-0.2, 0) is 4.79 Å². The van der Waals surface area contributed by atoms with Crippen LogP contribution in [0.3, 0.4) is 0 Å². The van der Waals surface area contributed by atoms with E-state index in [4.69, 9.17) is 17.3 Å². The van der Waals surface area contributed by atoms with Gasteiger partial charge in [0, 0.05) is 11.6 Å². The Bertz CT molecular complexity index is 388. The molecule has 1 amide bonds. The molecule has 0 saturated heterocycles. The Morgan fingerprint density at radius 3 is 2.80 bits per heavy atom. The van der Waals surface area contributed by atoms with Crippen molar-refractivity contribution in [3.8, 4) is 0 Å². The number of halogens is 1. The molecule has 0 aliphatic heterocycles. The lowest BCUT2D eigenvalue weighted by Crippen LogP contribution is -2.28. The third kappa shape index (κ3) is 2.23. The van der Waals surface area contributed by atoms with Crippen LogP contribution in [0.25, 0.3) is 0 Å². The summed E-state index contributed by atoms with van der Waals surface area (Å²) in [4.78, 5) is 11.6. The molecule has 1 aromatic rings. The fraction of sp³-hybridized carbons (Fsp3) is 0.364. The number of amides is 1. The van der Waals surface area contributed by atoms with Gasteiger partial charge in [-0.3, -0.25) is 4.79 Å². The van der Waals surface area contributed by atoms with Crippen molar-refractivity contribution in [1.29, 1.82) is 0 Å². The second-order valence-electron chi connectivity index (χ2n) is 3.86. The van der Waals surface area contributed by atoms with Gasteiger partial charge in [-0.05, 0) is 31.0 Å². The Morgan fingerprint density at radius 1 is 1.47 bits per heavy atom. The van der Waals surface area contributed by atoms with Crippen LogP contribution in [0.5, 0.6) is 0 Å². The summed E-state index contributed by atoms with van der Waals surface area (Å²) in [7, 11) is 0. The monoisotopic (exact) mass is 224 g/mol. The maximum Gasteiger partial charge on any atom is 0.227 e. The van der Waals surface area contributed by atoms with Gasteiger partial charge >= 0.3 is 0 Å². The number of rotatable bonds is 2. The van der Waals surface area contributed by atoms with Gasteiger partial charge in [0.15, 0.2) is 0 Å². The SMILES string of the molecule is Nc1ccc(Cl)c(NC(=O)C2CCC2)c1. The molecule has 1 aliphatic carbocycles. The van der Waals surface area contributed by atoms with Crippen molar-refractivity contribution in [3.05, 3.63) is 23.2 Å². The maximum atomic E-state index is 11.6. The van der Waals surface area contributed by atoms with E-state index in [1.165, 1.54) is 0 Å². The molecule has 80 valence electrons. The summed E-state index contributed by atoms with van der Waals surface area (Å²) in [6.45, 7) is 0. The van der Waals surface area contributed by atoms with E-state index in [2.05, 4.69) is 5.32 Å². The highest BCUT2D eigenvalue weighted by Crippen LogP contribution is 2.30. The third-order valence-electron chi connectivity index (χ3n) is 2.72. The van der Waals surface area contributed by atoms with Crippen LogP contribution in [-0.4, -0.2) is 5.91 Å². The number of carbonyl (C=O) groups excluding carboxylic acids is 1. The van der Waals surface area contributed by atoms with Gasteiger partial charge in [0.2, 0.25) is 5.91 Å². The fourth-order valence-corrected chi connectivity index (χ4v) is 1.71. The lowest BCUT2D eigenvalue weighted by molar-refractivity contribution is -0.122. The molecule has 3 N–H and O–H groups in total. The van der Waals surface area contributed by atoms with E-state index in [0.29, 0.717) is 16.4 Å². The van der Waals surface area contributed by atoms with Gasteiger partial charge in [0.1, 0.15) is 0 Å². The highest BCUT2D eigenvalue weighted by molar-refractivity contribution is 6.33. The van der Waals surface area contributed by atoms with E-state index >= 15 is 0 Å². The molecule has 0 unspecified atom stereocenters. The van der Waals surface area contributed by atoms with Crippen molar-refractivity contribution in [2.75, 3.05) is 11.1 Å². The fourth-order valence-electron chi connectivity index (χ4n) is 1.54. The summed E-state index contributed by atoms with van der Waals surface area (Å²) in [6.07, 6.45) is 3.10. The minimum absolute atomic E-state index is 0.0498. The minimum Gasteiger partial charge on any atom is -0.399 e. The molecule has 3 nitrogen and oxygen atoms in total. The van der Waals surface area contributed by atoms with Gasteiger partial charge in [-0.25, -0.2) is 0 Å². The van der Waals surface area contributed by atoms with Crippen molar-refractivity contribution in [1.82, 2.24) is 0 Å². The van der Waals surface area contributed by atoms with Crippen LogP contribution < -0.4 is 11.1 Å². The second kappa shape index (κ2) is 4.11. The first kappa shape index (κ1) is 10.3. The van der Waals surface area contributed by atoms with Crippen molar-refractivity contribution in [2.24, 2.45) is 5.92 Å². The van der Waals surface area contributed by atoms with Crippen LogP contribution >= 0.6 is 11.6 Å².